The Morgan fingerprint density at radius 1 is 1.38 bits per heavy atom. The molecule has 0 spiro atoms. The number of hydrogen-bond donors (Lipinski definition) is 1. The molecule has 1 aromatic carbocycles. The second-order valence-electron chi connectivity index (χ2n) is 5.64. The van der Waals surface area contributed by atoms with Gasteiger partial charge in [0.25, 0.3) is 11.1 Å². The Balaban J connectivity index is 1.58. The molecule has 128 valence electrons. The van der Waals surface area contributed by atoms with Gasteiger partial charge in [-0.2, -0.15) is 0 Å². The highest BCUT2D eigenvalue weighted by molar-refractivity contribution is 8.00. The first-order valence-corrected chi connectivity index (χ1v) is 8.62. The van der Waals surface area contributed by atoms with Crippen LogP contribution in [0.5, 0.6) is 5.75 Å². The summed E-state index contributed by atoms with van der Waals surface area (Å²) in [5, 5.41) is 10.7. The topological polar surface area (TPSA) is 77.2 Å². The molecule has 1 N–H and O–H groups in total. The van der Waals surface area contributed by atoms with E-state index in [9.17, 15) is 9.18 Å². The SMILES string of the molecule is C[C@H](Sc1nnc([C@H](C)Oc2ccccc2F)o1)C(=O)NC1CC1. The van der Waals surface area contributed by atoms with Gasteiger partial charge in [-0.25, -0.2) is 4.39 Å². The summed E-state index contributed by atoms with van der Waals surface area (Å²) >= 11 is 1.19. The standard InChI is InChI=1S/C16H18FN3O3S/c1-9(22-13-6-4-3-5-12(13)17)15-19-20-16(23-15)24-10(2)14(21)18-11-7-8-11/h3-6,9-11H,7-8H2,1-2H3,(H,18,21)/t9-,10-/m0/s1. The van der Waals surface area contributed by atoms with Gasteiger partial charge < -0.3 is 14.5 Å². The van der Waals surface area contributed by atoms with Gasteiger partial charge in [0.15, 0.2) is 17.7 Å². The zero-order chi connectivity index (χ0) is 17.1. The highest BCUT2D eigenvalue weighted by Gasteiger charge is 2.27. The number of hydrogen-bond acceptors (Lipinski definition) is 6. The number of carbonyl (C=O) groups is 1. The quantitative estimate of drug-likeness (QED) is 0.773. The average molecular weight is 351 g/mol. The van der Waals surface area contributed by atoms with E-state index in [4.69, 9.17) is 9.15 Å². The van der Waals surface area contributed by atoms with Gasteiger partial charge in [0.05, 0.1) is 5.25 Å². The molecule has 1 amide bonds. The molecule has 0 radical (unpaired) electrons. The molecule has 24 heavy (non-hydrogen) atoms. The van der Waals surface area contributed by atoms with Crippen LogP contribution >= 0.6 is 11.8 Å². The van der Waals surface area contributed by atoms with Crippen LogP contribution in [0.2, 0.25) is 0 Å². The van der Waals surface area contributed by atoms with Crippen LogP contribution in [0.25, 0.3) is 0 Å². The summed E-state index contributed by atoms with van der Waals surface area (Å²) < 4.78 is 24.6. The number of thioether (sulfide) groups is 1. The number of ether oxygens (including phenoxy) is 1. The van der Waals surface area contributed by atoms with Gasteiger partial charge in [0.2, 0.25) is 5.91 Å². The van der Waals surface area contributed by atoms with Gasteiger partial charge in [0, 0.05) is 6.04 Å². The molecule has 8 heteroatoms. The summed E-state index contributed by atoms with van der Waals surface area (Å²) in [7, 11) is 0. The van der Waals surface area contributed by atoms with Gasteiger partial charge in [-0.05, 0) is 38.8 Å². The molecule has 0 saturated heterocycles. The molecule has 1 heterocycles. The van der Waals surface area contributed by atoms with E-state index < -0.39 is 11.9 Å². The van der Waals surface area contributed by atoms with Crippen LogP contribution < -0.4 is 10.1 Å². The molecule has 1 aliphatic rings. The number of benzene rings is 1. The zero-order valence-corrected chi connectivity index (χ0v) is 14.2. The lowest BCUT2D eigenvalue weighted by Crippen LogP contribution is -2.32. The van der Waals surface area contributed by atoms with Gasteiger partial charge in [-0.15, -0.1) is 10.2 Å². The van der Waals surface area contributed by atoms with Crippen molar-refractivity contribution >= 4 is 17.7 Å². The molecule has 1 aromatic heterocycles. The lowest BCUT2D eigenvalue weighted by Gasteiger charge is -2.11. The van der Waals surface area contributed by atoms with E-state index in [1.807, 2.05) is 0 Å². The predicted octanol–water partition coefficient (Wildman–Crippen LogP) is 3.11. The van der Waals surface area contributed by atoms with Crippen LogP contribution in [-0.4, -0.2) is 27.4 Å². The Kier molecular flexibility index (Phi) is 5.03. The second kappa shape index (κ2) is 7.21. The first-order valence-electron chi connectivity index (χ1n) is 7.74. The highest BCUT2D eigenvalue weighted by atomic mass is 32.2. The average Bonchev–Trinajstić information content (AvgIpc) is 3.24. The van der Waals surface area contributed by atoms with Crippen molar-refractivity contribution in [2.45, 2.75) is 49.3 Å². The van der Waals surface area contributed by atoms with Crippen LogP contribution in [0.4, 0.5) is 4.39 Å². The molecule has 1 aliphatic carbocycles. The Morgan fingerprint density at radius 3 is 2.83 bits per heavy atom. The number of carbonyl (C=O) groups excluding carboxylic acids is 1. The van der Waals surface area contributed by atoms with Gasteiger partial charge in [-0.3, -0.25) is 4.79 Å². The summed E-state index contributed by atoms with van der Waals surface area (Å²) in [6.07, 6.45) is 1.48. The van der Waals surface area contributed by atoms with E-state index in [0.717, 1.165) is 12.8 Å². The predicted molar refractivity (Wildman–Crippen MR) is 86.2 cm³/mol. The van der Waals surface area contributed by atoms with E-state index in [1.165, 1.54) is 23.9 Å². The smallest absolute Gasteiger partial charge is 0.277 e. The minimum absolute atomic E-state index is 0.0436. The molecule has 0 unspecified atom stereocenters. The Labute approximate surface area is 143 Å². The van der Waals surface area contributed by atoms with E-state index in [-0.39, 0.29) is 28.0 Å². The normalized spacial score (nSPS) is 16.5. The van der Waals surface area contributed by atoms with Crippen LogP contribution in [0.1, 0.15) is 38.7 Å². The molecule has 2 aromatic rings. The number of halogens is 1. The molecular formula is C16H18FN3O3S. The van der Waals surface area contributed by atoms with Crippen molar-refractivity contribution in [3.63, 3.8) is 0 Å². The monoisotopic (exact) mass is 351 g/mol. The van der Waals surface area contributed by atoms with Crippen LogP contribution in [0.15, 0.2) is 33.9 Å². The molecule has 3 rings (SSSR count). The second-order valence-corrected chi connectivity index (χ2v) is 6.93. The summed E-state index contributed by atoms with van der Waals surface area (Å²) in [5.41, 5.74) is 0. The fraction of sp³-hybridized carbons (Fsp3) is 0.438. The maximum atomic E-state index is 13.6. The van der Waals surface area contributed by atoms with Gasteiger partial charge in [0.1, 0.15) is 0 Å². The van der Waals surface area contributed by atoms with Gasteiger partial charge >= 0.3 is 0 Å². The van der Waals surface area contributed by atoms with Crippen molar-refractivity contribution in [2.75, 3.05) is 0 Å². The Hall–Kier alpha value is -2.09. The fourth-order valence-electron chi connectivity index (χ4n) is 1.96. The molecule has 1 fully saturated rings. The summed E-state index contributed by atoms with van der Waals surface area (Å²) in [6.45, 7) is 3.48. The van der Waals surface area contributed by atoms with Crippen molar-refractivity contribution in [3.8, 4) is 5.75 Å². The number of amides is 1. The van der Waals surface area contributed by atoms with Gasteiger partial charge in [-0.1, -0.05) is 23.9 Å². The first kappa shape index (κ1) is 16.8. The van der Waals surface area contributed by atoms with Crippen LogP contribution in [-0.2, 0) is 4.79 Å². The minimum atomic E-state index is -0.598. The number of aromatic nitrogens is 2. The van der Waals surface area contributed by atoms with E-state index in [1.54, 1.807) is 26.0 Å². The zero-order valence-electron chi connectivity index (χ0n) is 13.4. The van der Waals surface area contributed by atoms with Crippen molar-refractivity contribution in [2.24, 2.45) is 0 Å². The van der Waals surface area contributed by atoms with Crippen molar-refractivity contribution in [3.05, 3.63) is 36.0 Å². The van der Waals surface area contributed by atoms with Crippen LogP contribution in [0.3, 0.4) is 0 Å². The Bertz CT molecular complexity index is 720. The third-order valence-electron chi connectivity index (χ3n) is 3.48. The number of nitrogens with one attached hydrogen (secondary N) is 1. The van der Waals surface area contributed by atoms with E-state index in [2.05, 4.69) is 15.5 Å². The lowest BCUT2D eigenvalue weighted by molar-refractivity contribution is -0.120. The third-order valence-corrected chi connectivity index (χ3v) is 4.42. The van der Waals surface area contributed by atoms with Crippen LogP contribution in [0, 0.1) is 5.82 Å². The van der Waals surface area contributed by atoms with E-state index in [0.29, 0.717) is 6.04 Å². The summed E-state index contributed by atoms with van der Waals surface area (Å²) in [5.74, 6) is -0.146. The minimum Gasteiger partial charge on any atom is -0.478 e. The summed E-state index contributed by atoms with van der Waals surface area (Å²) in [4.78, 5) is 11.9. The molecular weight excluding hydrogens is 333 g/mol. The third kappa shape index (κ3) is 4.25. The number of rotatable bonds is 7. The largest absolute Gasteiger partial charge is 0.478 e. The number of nitrogens with zero attached hydrogens (tertiary/aromatic N) is 2. The highest BCUT2D eigenvalue weighted by Crippen LogP contribution is 2.28. The Morgan fingerprint density at radius 2 is 2.12 bits per heavy atom. The number of para-hydroxylation sites is 1. The molecule has 1 saturated carbocycles. The first-order chi connectivity index (χ1) is 11.5. The van der Waals surface area contributed by atoms with Crippen molar-refractivity contribution in [1.82, 2.24) is 15.5 Å². The van der Waals surface area contributed by atoms with Crippen molar-refractivity contribution in [1.29, 1.82) is 0 Å². The maximum Gasteiger partial charge on any atom is 0.277 e. The molecule has 0 aliphatic heterocycles. The maximum absolute atomic E-state index is 13.6. The lowest BCUT2D eigenvalue weighted by atomic mass is 10.3. The van der Waals surface area contributed by atoms with E-state index >= 15 is 0 Å². The van der Waals surface area contributed by atoms with Crippen molar-refractivity contribution < 1.29 is 18.3 Å². The summed E-state index contributed by atoms with van der Waals surface area (Å²) in [6, 6.07) is 6.43. The molecule has 6 nitrogen and oxygen atoms in total. The molecule has 0 bridgehead atoms. The molecule has 2 atom stereocenters. The fourth-order valence-corrected chi connectivity index (χ4v) is 2.66.